The Morgan fingerprint density at radius 2 is 1.92 bits per heavy atom. The third kappa shape index (κ3) is 2.29. The van der Waals surface area contributed by atoms with E-state index in [9.17, 15) is 19.8 Å². The molecule has 3 rings (SSSR count). The molecule has 0 bridgehead atoms. The number of carbonyl (C=O) groups is 2. The topological polar surface area (TPSA) is 74.6 Å². The van der Waals surface area contributed by atoms with Crippen molar-refractivity contribution >= 4 is 11.8 Å². The second-order valence-electron chi connectivity index (χ2n) is 9.10. The van der Waals surface area contributed by atoms with Crippen LogP contribution in [-0.2, 0) is 9.59 Å². The van der Waals surface area contributed by atoms with Crippen LogP contribution in [0.3, 0.4) is 0 Å². The summed E-state index contributed by atoms with van der Waals surface area (Å²) >= 11 is 0. The Hall–Kier alpha value is -1.16. The number of Topliss-reactive ketones (excluding diaryl/α,β-unsaturated/α-hetero) is 1. The van der Waals surface area contributed by atoms with E-state index in [1.165, 1.54) is 0 Å². The predicted octanol–water partition coefficient (Wildman–Crippen LogP) is 3.58. The molecule has 0 aromatic heterocycles. The number of rotatable bonds is 2. The number of carboxylic acid groups (broad SMARTS) is 1. The zero-order valence-electron chi connectivity index (χ0n) is 15.3. The summed E-state index contributed by atoms with van der Waals surface area (Å²) in [5.41, 5.74) is -1.12. The van der Waals surface area contributed by atoms with Gasteiger partial charge in [0, 0.05) is 6.42 Å². The Morgan fingerprint density at radius 3 is 2.50 bits per heavy atom. The normalized spacial score (nSPS) is 45.4. The summed E-state index contributed by atoms with van der Waals surface area (Å²) in [7, 11) is 0. The van der Waals surface area contributed by atoms with Crippen molar-refractivity contribution in [3.8, 4) is 0 Å². The van der Waals surface area contributed by atoms with E-state index in [1.807, 2.05) is 26.8 Å². The molecular weight excluding hydrogens is 304 g/mol. The van der Waals surface area contributed by atoms with Gasteiger partial charge in [0.25, 0.3) is 0 Å². The lowest BCUT2D eigenvalue weighted by atomic mass is 9.45. The molecule has 0 amide bonds. The SMILES string of the molecule is CC(C)[C@@]1(O)C=C2C(=O)C[C@@H]3[C@](C)(CCC[C@@]3(C)C(=O)O)[C@@H]2CC1. The molecule has 24 heavy (non-hydrogen) atoms. The smallest absolute Gasteiger partial charge is 0.309 e. The standard InChI is InChI=1S/C20H30O4/c1-12(2)20(24)9-6-14-13(11-20)15(21)10-16-18(14,3)7-5-8-19(16,4)17(22)23/h11-12,14,16,24H,5-10H2,1-4H3,(H,22,23)/t14-,16-,18-,19-,20+/m1/s1. The monoisotopic (exact) mass is 334 g/mol. The van der Waals surface area contributed by atoms with Gasteiger partial charge in [-0.1, -0.05) is 27.2 Å². The summed E-state index contributed by atoms with van der Waals surface area (Å²) in [6.45, 7) is 7.98. The van der Waals surface area contributed by atoms with Gasteiger partial charge in [0.15, 0.2) is 5.78 Å². The number of hydrogen-bond donors (Lipinski definition) is 2. The third-order valence-corrected chi connectivity index (χ3v) is 7.59. The number of hydrogen-bond acceptors (Lipinski definition) is 3. The Labute approximate surface area is 144 Å². The van der Waals surface area contributed by atoms with E-state index in [-0.39, 0.29) is 29.0 Å². The summed E-state index contributed by atoms with van der Waals surface area (Å²) in [4.78, 5) is 24.8. The zero-order chi connectivity index (χ0) is 17.9. The maximum Gasteiger partial charge on any atom is 0.309 e. The quantitative estimate of drug-likeness (QED) is 0.809. The molecule has 0 radical (unpaired) electrons. The van der Waals surface area contributed by atoms with E-state index in [0.29, 0.717) is 19.3 Å². The molecular formula is C20H30O4. The fraction of sp³-hybridized carbons (Fsp3) is 0.800. The first-order chi connectivity index (χ1) is 11.0. The number of carboxylic acids is 1. The van der Waals surface area contributed by atoms with Crippen LogP contribution in [0.1, 0.15) is 66.2 Å². The lowest BCUT2D eigenvalue weighted by Gasteiger charge is -2.58. The fourth-order valence-electron chi connectivity index (χ4n) is 5.74. The van der Waals surface area contributed by atoms with Gasteiger partial charge in [-0.3, -0.25) is 9.59 Å². The van der Waals surface area contributed by atoms with Gasteiger partial charge in [-0.15, -0.1) is 0 Å². The van der Waals surface area contributed by atoms with Crippen molar-refractivity contribution in [1.82, 2.24) is 0 Å². The van der Waals surface area contributed by atoms with Crippen molar-refractivity contribution < 1.29 is 19.8 Å². The van der Waals surface area contributed by atoms with Crippen LogP contribution in [0.4, 0.5) is 0 Å². The number of fused-ring (bicyclic) bond motifs is 3. The molecule has 0 heterocycles. The van der Waals surface area contributed by atoms with E-state index in [1.54, 1.807) is 0 Å². The van der Waals surface area contributed by atoms with Gasteiger partial charge < -0.3 is 10.2 Å². The molecule has 2 fully saturated rings. The van der Waals surface area contributed by atoms with Gasteiger partial charge in [-0.2, -0.15) is 0 Å². The maximum absolute atomic E-state index is 12.9. The van der Waals surface area contributed by atoms with Crippen molar-refractivity contribution in [2.24, 2.45) is 28.6 Å². The summed E-state index contributed by atoms with van der Waals surface area (Å²) in [6, 6.07) is 0. The summed E-state index contributed by atoms with van der Waals surface area (Å²) in [5, 5.41) is 20.7. The number of aliphatic hydroxyl groups is 1. The molecule has 3 aliphatic rings. The van der Waals surface area contributed by atoms with Crippen molar-refractivity contribution in [3.63, 3.8) is 0 Å². The third-order valence-electron chi connectivity index (χ3n) is 7.59. The fourth-order valence-corrected chi connectivity index (χ4v) is 5.74. The highest BCUT2D eigenvalue weighted by atomic mass is 16.4. The molecule has 0 aliphatic heterocycles. The highest BCUT2D eigenvalue weighted by molar-refractivity contribution is 5.98. The first-order valence-corrected chi connectivity index (χ1v) is 9.26. The van der Waals surface area contributed by atoms with Crippen LogP contribution in [0.5, 0.6) is 0 Å². The van der Waals surface area contributed by atoms with Crippen LogP contribution in [-0.4, -0.2) is 27.6 Å². The Balaban J connectivity index is 2.05. The second kappa shape index (κ2) is 5.42. The van der Waals surface area contributed by atoms with E-state index in [0.717, 1.165) is 24.8 Å². The van der Waals surface area contributed by atoms with Crippen molar-refractivity contribution in [2.45, 2.75) is 71.8 Å². The van der Waals surface area contributed by atoms with Crippen molar-refractivity contribution in [1.29, 1.82) is 0 Å². The summed E-state index contributed by atoms with van der Waals surface area (Å²) in [6.07, 6.45) is 6.06. The molecule has 0 aromatic rings. The number of carbonyl (C=O) groups excluding carboxylic acids is 1. The minimum atomic E-state index is -0.907. The van der Waals surface area contributed by atoms with Crippen LogP contribution in [0.2, 0.25) is 0 Å². The van der Waals surface area contributed by atoms with Crippen molar-refractivity contribution in [3.05, 3.63) is 11.6 Å². The molecule has 0 saturated heterocycles. The molecule has 0 spiro atoms. The lowest BCUT2D eigenvalue weighted by Crippen LogP contribution is -2.57. The number of aliphatic carboxylic acids is 1. The van der Waals surface area contributed by atoms with Crippen LogP contribution < -0.4 is 0 Å². The molecule has 134 valence electrons. The molecule has 4 heteroatoms. The average Bonchev–Trinajstić information content (AvgIpc) is 2.49. The van der Waals surface area contributed by atoms with E-state index in [2.05, 4.69) is 6.92 Å². The minimum absolute atomic E-state index is 0.0515. The Bertz CT molecular complexity index is 607. The second-order valence-corrected chi connectivity index (χ2v) is 9.10. The highest BCUT2D eigenvalue weighted by Crippen LogP contribution is 2.62. The molecule has 2 saturated carbocycles. The highest BCUT2D eigenvalue weighted by Gasteiger charge is 2.60. The van der Waals surface area contributed by atoms with E-state index < -0.39 is 17.0 Å². The first kappa shape index (κ1) is 17.7. The summed E-state index contributed by atoms with van der Waals surface area (Å²) in [5.74, 6) is -0.679. The van der Waals surface area contributed by atoms with Crippen LogP contribution in [0, 0.1) is 28.6 Å². The molecule has 3 aliphatic carbocycles. The van der Waals surface area contributed by atoms with Gasteiger partial charge in [-0.25, -0.2) is 0 Å². The van der Waals surface area contributed by atoms with Crippen molar-refractivity contribution in [2.75, 3.05) is 0 Å². The molecule has 2 N–H and O–H groups in total. The predicted molar refractivity (Wildman–Crippen MR) is 91.4 cm³/mol. The minimum Gasteiger partial charge on any atom is -0.481 e. The average molecular weight is 334 g/mol. The van der Waals surface area contributed by atoms with Gasteiger partial charge in [-0.05, 0) is 67.4 Å². The number of ketones is 1. The van der Waals surface area contributed by atoms with E-state index in [4.69, 9.17) is 0 Å². The number of allylic oxidation sites excluding steroid dienone is 1. The van der Waals surface area contributed by atoms with Crippen LogP contribution in [0.25, 0.3) is 0 Å². The Morgan fingerprint density at radius 1 is 1.25 bits per heavy atom. The molecule has 5 atom stereocenters. The zero-order valence-corrected chi connectivity index (χ0v) is 15.3. The first-order valence-electron chi connectivity index (χ1n) is 9.26. The lowest BCUT2D eigenvalue weighted by molar-refractivity contribution is -0.166. The van der Waals surface area contributed by atoms with Gasteiger partial charge in [0.05, 0.1) is 11.0 Å². The van der Waals surface area contributed by atoms with Crippen LogP contribution >= 0.6 is 0 Å². The Kier molecular flexibility index (Phi) is 3.99. The van der Waals surface area contributed by atoms with Crippen LogP contribution in [0.15, 0.2) is 11.6 Å². The van der Waals surface area contributed by atoms with Gasteiger partial charge in [0.2, 0.25) is 0 Å². The van der Waals surface area contributed by atoms with Gasteiger partial charge >= 0.3 is 5.97 Å². The molecule has 0 aromatic carbocycles. The van der Waals surface area contributed by atoms with E-state index >= 15 is 0 Å². The molecule has 0 unspecified atom stereocenters. The van der Waals surface area contributed by atoms with Gasteiger partial charge in [0.1, 0.15) is 0 Å². The molecule has 4 nitrogen and oxygen atoms in total. The summed E-state index contributed by atoms with van der Waals surface area (Å²) < 4.78 is 0. The largest absolute Gasteiger partial charge is 0.481 e. The maximum atomic E-state index is 12.9.